The highest BCUT2D eigenvalue weighted by molar-refractivity contribution is 4.76. The normalized spacial score (nSPS) is 22.3. The molecule has 1 aliphatic heterocycles. The van der Waals surface area contributed by atoms with Gasteiger partial charge in [0.15, 0.2) is 0 Å². The van der Waals surface area contributed by atoms with Crippen LogP contribution in [0.2, 0.25) is 0 Å². The predicted octanol–water partition coefficient (Wildman–Crippen LogP) is 2.56. The molecule has 0 aromatic heterocycles. The van der Waals surface area contributed by atoms with E-state index in [9.17, 15) is 0 Å². The van der Waals surface area contributed by atoms with Crippen LogP contribution < -0.4 is 10.6 Å². The Kier molecular flexibility index (Phi) is 8.64. The largest absolute Gasteiger partial charge is 0.380 e. The highest BCUT2D eigenvalue weighted by atomic mass is 16.5. The Morgan fingerprint density at radius 2 is 2.06 bits per heavy atom. The van der Waals surface area contributed by atoms with Crippen molar-refractivity contribution in [2.45, 2.75) is 65.0 Å². The molecular formula is C15H32N2O. The van der Waals surface area contributed by atoms with E-state index < -0.39 is 0 Å². The van der Waals surface area contributed by atoms with Gasteiger partial charge in [0.25, 0.3) is 0 Å². The van der Waals surface area contributed by atoms with Gasteiger partial charge in [-0.2, -0.15) is 0 Å². The maximum atomic E-state index is 5.61. The third kappa shape index (κ3) is 8.06. The Morgan fingerprint density at radius 3 is 2.72 bits per heavy atom. The molecule has 0 aromatic carbocycles. The summed E-state index contributed by atoms with van der Waals surface area (Å²) >= 11 is 0. The standard InChI is InChI=1S/C15H32N2O/c1-13(2)7-10-18-11-9-16-14(3)12-15-6-4-5-8-17-15/h13-17H,4-12H2,1-3H3. The Morgan fingerprint density at radius 1 is 1.22 bits per heavy atom. The van der Waals surface area contributed by atoms with Crippen molar-refractivity contribution in [1.82, 2.24) is 10.6 Å². The second-order valence-corrected chi connectivity index (χ2v) is 6.03. The van der Waals surface area contributed by atoms with E-state index in [2.05, 4.69) is 31.4 Å². The first kappa shape index (κ1) is 15.9. The molecule has 2 atom stereocenters. The first-order valence-corrected chi connectivity index (χ1v) is 7.73. The van der Waals surface area contributed by atoms with Crippen molar-refractivity contribution in [3.05, 3.63) is 0 Å². The zero-order valence-electron chi connectivity index (χ0n) is 12.5. The molecule has 3 heteroatoms. The molecule has 18 heavy (non-hydrogen) atoms. The van der Waals surface area contributed by atoms with Crippen molar-refractivity contribution in [1.29, 1.82) is 0 Å². The smallest absolute Gasteiger partial charge is 0.0591 e. The molecule has 3 nitrogen and oxygen atoms in total. The van der Waals surface area contributed by atoms with Gasteiger partial charge in [-0.1, -0.05) is 20.3 Å². The molecular weight excluding hydrogens is 224 g/mol. The van der Waals surface area contributed by atoms with Crippen LogP contribution in [0.3, 0.4) is 0 Å². The van der Waals surface area contributed by atoms with Gasteiger partial charge in [-0.3, -0.25) is 0 Å². The molecule has 108 valence electrons. The van der Waals surface area contributed by atoms with Crippen LogP contribution in [0.5, 0.6) is 0 Å². The zero-order valence-corrected chi connectivity index (χ0v) is 12.5. The summed E-state index contributed by atoms with van der Waals surface area (Å²) in [6, 6.07) is 1.32. The molecule has 1 heterocycles. The average molecular weight is 256 g/mol. The van der Waals surface area contributed by atoms with Crippen LogP contribution in [0.4, 0.5) is 0 Å². The van der Waals surface area contributed by atoms with Crippen LogP contribution in [-0.2, 0) is 4.74 Å². The van der Waals surface area contributed by atoms with Crippen molar-refractivity contribution >= 4 is 0 Å². The number of piperidine rings is 1. The van der Waals surface area contributed by atoms with E-state index in [0.717, 1.165) is 31.7 Å². The summed E-state index contributed by atoms with van der Waals surface area (Å²) in [7, 11) is 0. The summed E-state index contributed by atoms with van der Waals surface area (Å²) < 4.78 is 5.61. The topological polar surface area (TPSA) is 33.3 Å². The number of ether oxygens (including phenoxy) is 1. The van der Waals surface area contributed by atoms with Gasteiger partial charge in [-0.15, -0.1) is 0 Å². The van der Waals surface area contributed by atoms with E-state index in [1.807, 2.05) is 0 Å². The minimum absolute atomic E-state index is 0.592. The fraction of sp³-hybridized carbons (Fsp3) is 1.00. The fourth-order valence-corrected chi connectivity index (χ4v) is 2.43. The predicted molar refractivity (Wildman–Crippen MR) is 78.0 cm³/mol. The molecule has 0 amide bonds. The van der Waals surface area contributed by atoms with Crippen LogP contribution >= 0.6 is 0 Å². The van der Waals surface area contributed by atoms with Gasteiger partial charge >= 0.3 is 0 Å². The van der Waals surface area contributed by atoms with E-state index in [0.29, 0.717) is 6.04 Å². The highest BCUT2D eigenvalue weighted by Gasteiger charge is 2.15. The number of rotatable bonds is 9. The second-order valence-electron chi connectivity index (χ2n) is 6.03. The van der Waals surface area contributed by atoms with Crippen LogP contribution in [0, 0.1) is 5.92 Å². The maximum absolute atomic E-state index is 5.61. The Labute approximate surface area is 113 Å². The molecule has 2 N–H and O–H groups in total. The van der Waals surface area contributed by atoms with E-state index in [-0.39, 0.29) is 0 Å². The molecule has 0 saturated carbocycles. The Hall–Kier alpha value is -0.120. The molecule has 0 aromatic rings. The Bertz CT molecular complexity index is 191. The lowest BCUT2D eigenvalue weighted by Gasteiger charge is -2.26. The quantitative estimate of drug-likeness (QED) is 0.622. The lowest BCUT2D eigenvalue weighted by Crippen LogP contribution is -2.40. The summed E-state index contributed by atoms with van der Waals surface area (Å²) in [6.07, 6.45) is 6.50. The summed E-state index contributed by atoms with van der Waals surface area (Å²) in [4.78, 5) is 0. The van der Waals surface area contributed by atoms with Gasteiger partial charge in [-0.05, 0) is 45.1 Å². The van der Waals surface area contributed by atoms with Gasteiger partial charge in [0.05, 0.1) is 6.61 Å². The van der Waals surface area contributed by atoms with E-state index >= 15 is 0 Å². The third-order valence-corrected chi connectivity index (χ3v) is 3.63. The summed E-state index contributed by atoms with van der Waals surface area (Å²) in [6.45, 7) is 10.7. The highest BCUT2D eigenvalue weighted by Crippen LogP contribution is 2.11. The van der Waals surface area contributed by atoms with Gasteiger partial charge < -0.3 is 15.4 Å². The molecule has 0 radical (unpaired) electrons. The van der Waals surface area contributed by atoms with Gasteiger partial charge in [-0.25, -0.2) is 0 Å². The second kappa shape index (κ2) is 9.76. The SMILES string of the molecule is CC(C)CCOCCNC(C)CC1CCCCN1. The first-order chi connectivity index (χ1) is 8.68. The van der Waals surface area contributed by atoms with Crippen molar-refractivity contribution in [2.75, 3.05) is 26.3 Å². The monoisotopic (exact) mass is 256 g/mol. The minimum Gasteiger partial charge on any atom is -0.380 e. The van der Waals surface area contributed by atoms with Gasteiger partial charge in [0, 0.05) is 25.2 Å². The average Bonchev–Trinajstić information content (AvgIpc) is 2.34. The zero-order chi connectivity index (χ0) is 13.2. The van der Waals surface area contributed by atoms with Crippen molar-refractivity contribution < 1.29 is 4.74 Å². The molecule has 0 aliphatic carbocycles. The van der Waals surface area contributed by atoms with E-state index in [1.165, 1.54) is 38.6 Å². The van der Waals surface area contributed by atoms with Crippen LogP contribution in [0.1, 0.15) is 52.9 Å². The number of hydrogen-bond acceptors (Lipinski definition) is 3. The Balaban J connectivity index is 1.91. The summed E-state index contributed by atoms with van der Waals surface area (Å²) in [5, 5.41) is 7.15. The maximum Gasteiger partial charge on any atom is 0.0591 e. The first-order valence-electron chi connectivity index (χ1n) is 7.73. The molecule has 0 bridgehead atoms. The molecule has 0 spiro atoms. The lowest BCUT2D eigenvalue weighted by molar-refractivity contribution is 0.123. The fourth-order valence-electron chi connectivity index (χ4n) is 2.43. The van der Waals surface area contributed by atoms with Crippen molar-refractivity contribution in [2.24, 2.45) is 5.92 Å². The minimum atomic E-state index is 0.592. The molecule has 1 fully saturated rings. The summed E-state index contributed by atoms with van der Waals surface area (Å²) in [5.74, 6) is 0.745. The number of nitrogens with one attached hydrogen (secondary N) is 2. The molecule has 1 aliphatic rings. The molecule has 1 rings (SSSR count). The number of hydrogen-bond donors (Lipinski definition) is 2. The van der Waals surface area contributed by atoms with Crippen LogP contribution in [-0.4, -0.2) is 38.4 Å². The van der Waals surface area contributed by atoms with Gasteiger partial charge in [0.2, 0.25) is 0 Å². The van der Waals surface area contributed by atoms with E-state index in [1.54, 1.807) is 0 Å². The summed E-state index contributed by atoms with van der Waals surface area (Å²) in [5.41, 5.74) is 0. The molecule has 2 unspecified atom stereocenters. The van der Waals surface area contributed by atoms with Crippen molar-refractivity contribution in [3.8, 4) is 0 Å². The lowest BCUT2D eigenvalue weighted by atomic mass is 9.99. The van der Waals surface area contributed by atoms with E-state index in [4.69, 9.17) is 4.74 Å². The van der Waals surface area contributed by atoms with Crippen molar-refractivity contribution in [3.63, 3.8) is 0 Å². The third-order valence-electron chi connectivity index (χ3n) is 3.63. The molecule has 1 saturated heterocycles. The van der Waals surface area contributed by atoms with Crippen LogP contribution in [0.15, 0.2) is 0 Å². The van der Waals surface area contributed by atoms with Crippen LogP contribution in [0.25, 0.3) is 0 Å². The van der Waals surface area contributed by atoms with Gasteiger partial charge in [0.1, 0.15) is 0 Å².